The normalized spacial score (nSPS) is 32.3. The van der Waals surface area contributed by atoms with E-state index in [2.05, 4.69) is 29.5 Å². The van der Waals surface area contributed by atoms with Crippen LogP contribution < -0.4 is 10.6 Å². The summed E-state index contributed by atoms with van der Waals surface area (Å²) in [5, 5.41) is 7.34. The molecule has 2 aliphatic carbocycles. The fourth-order valence-corrected chi connectivity index (χ4v) is 4.78. The Hall–Kier alpha value is -0.0400. The van der Waals surface area contributed by atoms with Crippen molar-refractivity contribution in [3.8, 4) is 0 Å². The minimum atomic E-state index is 0. The molecule has 134 valence electrons. The monoisotopic (exact) mass is 435 g/mol. The van der Waals surface area contributed by atoms with E-state index in [1.54, 1.807) is 0 Å². The molecule has 4 unspecified atom stereocenters. The van der Waals surface area contributed by atoms with Crippen molar-refractivity contribution in [2.24, 2.45) is 16.3 Å². The molecule has 0 radical (unpaired) electrons. The Kier molecular flexibility index (Phi) is 7.01. The third-order valence-electron chi connectivity index (χ3n) is 6.18. The zero-order chi connectivity index (χ0) is 15.6. The fourth-order valence-electron chi connectivity index (χ4n) is 4.78. The first-order chi connectivity index (χ1) is 10.7. The molecule has 0 aromatic carbocycles. The number of nitrogens with zero attached hydrogens (tertiary/aromatic N) is 1. The minimum Gasteiger partial charge on any atom is -0.377 e. The predicted octanol–water partition coefficient (Wildman–Crippen LogP) is 3.70. The summed E-state index contributed by atoms with van der Waals surface area (Å²) in [6.07, 6.45) is 10.9. The lowest BCUT2D eigenvalue weighted by Crippen LogP contribution is -2.72. The molecule has 1 saturated heterocycles. The first kappa shape index (κ1) is 19.3. The Bertz CT molecular complexity index is 411. The maximum Gasteiger partial charge on any atom is 0.191 e. The van der Waals surface area contributed by atoms with Gasteiger partial charge in [0.15, 0.2) is 5.96 Å². The van der Waals surface area contributed by atoms with E-state index in [0.29, 0.717) is 29.5 Å². The van der Waals surface area contributed by atoms with Crippen molar-refractivity contribution < 1.29 is 4.74 Å². The highest BCUT2D eigenvalue weighted by Gasteiger charge is 2.66. The van der Waals surface area contributed by atoms with Crippen LogP contribution in [0.25, 0.3) is 0 Å². The highest BCUT2D eigenvalue weighted by molar-refractivity contribution is 14.0. The number of halogens is 1. The van der Waals surface area contributed by atoms with Crippen molar-refractivity contribution >= 4 is 29.9 Å². The molecule has 4 atom stereocenters. The average molecular weight is 435 g/mol. The number of nitrogens with one attached hydrogen (secondary N) is 2. The van der Waals surface area contributed by atoms with Crippen molar-refractivity contribution in [3.05, 3.63) is 0 Å². The second-order valence-corrected chi connectivity index (χ2v) is 7.57. The van der Waals surface area contributed by atoms with Gasteiger partial charge in [-0.1, -0.05) is 32.6 Å². The van der Waals surface area contributed by atoms with Gasteiger partial charge in [0, 0.05) is 37.1 Å². The van der Waals surface area contributed by atoms with Crippen LogP contribution in [-0.2, 0) is 4.74 Å². The predicted molar refractivity (Wildman–Crippen MR) is 107 cm³/mol. The van der Waals surface area contributed by atoms with Crippen LogP contribution in [0.4, 0.5) is 0 Å². The van der Waals surface area contributed by atoms with Crippen LogP contribution in [0.3, 0.4) is 0 Å². The molecule has 3 fully saturated rings. The standard InChI is InChI=1S/C18H33N3O.HI/c1-4-5-6-8-13(2)20-17(19-3)21-15-14-9-12-22-16(14)18(15)10-7-11-18;/h13-16H,4-12H2,1-3H3,(H2,19,20,21);1H. The van der Waals surface area contributed by atoms with E-state index in [4.69, 9.17) is 4.74 Å². The Morgan fingerprint density at radius 1 is 1.35 bits per heavy atom. The Labute approximate surface area is 158 Å². The smallest absolute Gasteiger partial charge is 0.191 e. The lowest BCUT2D eigenvalue weighted by molar-refractivity contribution is -0.171. The number of hydrogen-bond acceptors (Lipinski definition) is 2. The molecule has 1 spiro atoms. The van der Waals surface area contributed by atoms with Crippen LogP contribution >= 0.6 is 24.0 Å². The number of guanidine groups is 1. The van der Waals surface area contributed by atoms with Crippen molar-refractivity contribution in [1.29, 1.82) is 0 Å². The van der Waals surface area contributed by atoms with Gasteiger partial charge in [0.05, 0.1) is 6.10 Å². The summed E-state index contributed by atoms with van der Waals surface area (Å²) in [5.74, 6) is 1.69. The summed E-state index contributed by atoms with van der Waals surface area (Å²) in [4.78, 5) is 4.47. The number of unbranched alkanes of at least 4 members (excludes halogenated alkanes) is 2. The largest absolute Gasteiger partial charge is 0.377 e. The second kappa shape index (κ2) is 8.37. The molecular weight excluding hydrogens is 401 g/mol. The fraction of sp³-hybridized carbons (Fsp3) is 0.944. The molecule has 0 aromatic rings. The summed E-state index contributed by atoms with van der Waals surface area (Å²) in [5.41, 5.74) is 0.421. The molecule has 3 aliphatic rings. The molecule has 4 nitrogen and oxygen atoms in total. The minimum absolute atomic E-state index is 0. The van der Waals surface area contributed by atoms with Gasteiger partial charge >= 0.3 is 0 Å². The van der Waals surface area contributed by atoms with Crippen molar-refractivity contribution in [3.63, 3.8) is 0 Å². The quantitative estimate of drug-likeness (QED) is 0.290. The maximum absolute atomic E-state index is 6.00. The maximum atomic E-state index is 6.00. The summed E-state index contributed by atoms with van der Waals surface area (Å²) in [6, 6.07) is 1.06. The van der Waals surface area contributed by atoms with Gasteiger partial charge in [0.1, 0.15) is 0 Å². The summed E-state index contributed by atoms with van der Waals surface area (Å²) in [6.45, 7) is 5.48. The molecule has 1 heterocycles. The van der Waals surface area contributed by atoms with Crippen LogP contribution in [0.15, 0.2) is 4.99 Å². The van der Waals surface area contributed by atoms with Gasteiger partial charge in [-0.05, 0) is 32.6 Å². The first-order valence-corrected chi connectivity index (χ1v) is 9.32. The second-order valence-electron chi connectivity index (χ2n) is 7.57. The van der Waals surface area contributed by atoms with Gasteiger partial charge in [-0.3, -0.25) is 4.99 Å². The molecule has 5 heteroatoms. The molecule has 0 bridgehead atoms. The van der Waals surface area contributed by atoms with Gasteiger partial charge < -0.3 is 15.4 Å². The number of aliphatic imine (C=N–C) groups is 1. The van der Waals surface area contributed by atoms with Gasteiger partial charge in [-0.15, -0.1) is 24.0 Å². The third-order valence-corrected chi connectivity index (χ3v) is 6.18. The Morgan fingerprint density at radius 2 is 2.13 bits per heavy atom. The highest BCUT2D eigenvalue weighted by atomic mass is 127. The number of hydrogen-bond donors (Lipinski definition) is 2. The van der Waals surface area contributed by atoms with Gasteiger partial charge in [-0.25, -0.2) is 0 Å². The van der Waals surface area contributed by atoms with Crippen LogP contribution in [0, 0.1) is 11.3 Å². The molecule has 1 aliphatic heterocycles. The topological polar surface area (TPSA) is 45.7 Å². The Morgan fingerprint density at radius 3 is 2.74 bits per heavy atom. The van der Waals surface area contributed by atoms with E-state index < -0.39 is 0 Å². The lowest BCUT2D eigenvalue weighted by atomic mass is 9.46. The average Bonchev–Trinajstić information content (AvgIpc) is 2.87. The summed E-state index contributed by atoms with van der Waals surface area (Å²) in [7, 11) is 1.89. The van der Waals surface area contributed by atoms with Crippen molar-refractivity contribution in [1.82, 2.24) is 10.6 Å². The van der Waals surface area contributed by atoms with E-state index in [9.17, 15) is 0 Å². The molecule has 23 heavy (non-hydrogen) atoms. The van der Waals surface area contributed by atoms with E-state index in [1.807, 2.05) is 7.05 Å². The van der Waals surface area contributed by atoms with Crippen LogP contribution in [-0.4, -0.2) is 37.8 Å². The van der Waals surface area contributed by atoms with Crippen molar-refractivity contribution in [2.75, 3.05) is 13.7 Å². The first-order valence-electron chi connectivity index (χ1n) is 9.32. The molecule has 0 amide bonds. The zero-order valence-electron chi connectivity index (χ0n) is 14.9. The molecule has 0 aromatic heterocycles. The molecule has 2 N–H and O–H groups in total. The van der Waals surface area contributed by atoms with E-state index in [1.165, 1.54) is 51.4 Å². The van der Waals surface area contributed by atoms with Gasteiger partial charge in [-0.2, -0.15) is 0 Å². The third kappa shape index (κ3) is 3.65. The lowest BCUT2D eigenvalue weighted by Gasteiger charge is -2.63. The van der Waals surface area contributed by atoms with Crippen LogP contribution in [0.1, 0.15) is 65.2 Å². The van der Waals surface area contributed by atoms with E-state index >= 15 is 0 Å². The van der Waals surface area contributed by atoms with Crippen LogP contribution in [0.2, 0.25) is 0 Å². The van der Waals surface area contributed by atoms with E-state index in [-0.39, 0.29) is 24.0 Å². The van der Waals surface area contributed by atoms with Gasteiger partial charge in [0.25, 0.3) is 0 Å². The summed E-state index contributed by atoms with van der Waals surface area (Å²) >= 11 is 0. The SMILES string of the molecule is CCCCCC(C)NC(=NC)NC1C2CCOC2C12CCC2.I. The van der Waals surface area contributed by atoms with Crippen LogP contribution in [0.5, 0.6) is 0 Å². The van der Waals surface area contributed by atoms with E-state index in [0.717, 1.165) is 12.6 Å². The number of fused-ring (bicyclic) bond motifs is 2. The molecule has 3 rings (SSSR count). The number of ether oxygens (including phenoxy) is 1. The zero-order valence-corrected chi connectivity index (χ0v) is 17.3. The summed E-state index contributed by atoms with van der Waals surface area (Å²) < 4.78 is 6.00. The molecular formula is C18H34IN3O. The molecule has 2 saturated carbocycles. The Balaban J connectivity index is 0.00000192. The highest BCUT2D eigenvalue weighted by Crippen LogP contribution is 2.62. The number of rotatable bonds is 6. The van der Waals surface area contributed by atoms with Crippen molar-refractivity contribution in [2.45, 2.75) is 83.4 Å². The van der Waals surface area contributed by atoms with Gasteiger partial charge in [0.2, 0.25) is 0 Å².